The van der Waals surface area contributed by atoms with Crippen LogP contribution in [0, 0.1) is 5.82 Å². The number of hydrogen-bond acceptors (Lipinski definition) is 3. The summed E-state index contributed by atoms with van der Waals surface area (Å²) in [6.07, 6.45) is 1.61. The highest BCUT2D eigenvalue weighted by atomic mass is 32.1. The Hall–Kier alpha value is -1.94. The van der Waals surface area contributed by atoms with Gasteiger partial charge in [-0.1, -0.05) is 6.07 Å². The number of nitrogens with two attached hydrogens (primary N) is 1. The second-order valence-electron chi connectivity index (χ2n) is 3.74. The number of thiophene rings is 1. The maximum absolute atomic E-state index is 13.5. The quantitative estimate of drug-likeness (QED) is 0.709. The molecule has 0 spiro atoms. The van der Waals surface area contributed by atoms with Gasteiger partial charge in [-0.2, -0.15) is 0 Å². The fourth-order valence-electron chi connectivity index (χ4n) is 1.70. The van der Waals surface area contributed by atoms with Crippen LogP contribution in [0.4, 0.5) is 10.1 Å². The van der Waals surface area contributed by atoms with E-state index in [0.717, 1.165) is 15.3 Å². The first-order valence-electron chi connectivity index (χ1n) is 5.14. The maximum Gasteiger partial charge on any atom is 0.131 e. The fraction of sp³-hybridized carbons (Fsp3) is 0. The smallest absolute Gasteiger partial charge is 0.131 e. The van der Waals surface area contributed by atoms with Crippen molar-refractivity contribution in [3.05, 3.63) is 48.4 Å². The van der Waals surface area contributed by atoms with E-state index >= 15 is 0 Å². The molecule has 0 aliphatic rings. The first-order chi connectivity index (χ1) is 8.24. The van der Waals surface area contributed by atoms with E-state index in [-0.39, 0.29) is 5.82 Å². The predicted molar refractivity (Wildman–Crippen MR) is 69.4 cm³/mol. The van der Waals surface area contributed by atoms with Gasteiger partial charge < -0.3 is 5.73 Å². The Morgan fingerprint density at radius 1 is 1.18 bits per heavy atom. The van der Waals surface area contributed by atoms with Gasteiger partial charge in [0.05, 0.1) is 22.5 Å². The minimum atomic E-state index is -0.194. The van der Waals surface area contributed by atoms with Crippen LogP contribution in [0.25, 0.3) is 20.7 Å². The van der Waals surface area contributed by atoms with Crippen LogP contribution in [-0.2, 0) is 0 Å². The van der Waals surface area contributed by atoms with Gasteiger partial charge in [-0.3, -0.25) is 4.98 Å². The van der Waals surface area contributed by atoms with Crippen LogP contribution >= 0.6 is 11.3 Å². The zero-order valence-electron chi connectivity index (χ0n) is 8.85. The van der Waals surface area contributed by atoms with Crippen molar-refractivity contribution in [1.82, 2.24) is 4.98 Å². The molecule has 0 saturated heterocycles. The third kappa shape index (κ3) is 1.76. The highest BCUT2D eigenvalue weighted by Gasteiger charge is 2.08. The van der Waals surface area contributed by atoms with E-state index in [1.54, 1.807) is 18.3 Å². The molecule has 2 aromatic heterocycles. The van der Waals surface area contributed by atoms with Crippen molar-refractivity contribution in [2.75, 3.05) is 5.73 Å². The van der Waals surface area contributed by atoms with Crippen molar-refractivity contribution < 1.29 is 4.39 Å². The summed E-state index contributed by atoms with van der Waals surface area (Å²) in [5, 5.41) is 0.645. The van der Waals surface area contributed by atoms with Gasteiger partial charge in [0.25, 0.3) is 0 Å². The van der Waals surface area contributed by atoms with Gasteiger partial charge >= 0.3 is 0 Å². The molecular formula is C13H9FN2S. The zero-order chi connectivity index (χ0) is 11.8. The van der Waals surface area contributed by atoms with Crippen LogP contribution in [0.1, 0.15) is 0 Å². The molecule has 17 heavy (non-hydrogen) atoms. The molecule has 2 heterocycles. The van der Waals surface area contributed by atoms with Gasteiger partial charge in [-0.25, -0.2) is 4.39 Å². The Morgan fingerprint density at radius 2 is 2.06 bits per heavy atom. The van der Waals surface area contributed by atoms with E-state index in [0.29, 0.717) is 11.1 Å². The Labute approximate surface area is 102 Å². The SMILES string of the molecule is Nc1ccc(-c2cc3c(F)cccc3s2)nc1. The molecule has 0 fully saturated rings. The van der Waals surface area contributed by atoms with Crippen LogP contribution in [0.2, 0.25) is 0 Å². The van der Waals surface area contributed by atoms with Crippen LogP contribution in [0.3, 0.4) is 0 Å². The summed E-state index contributed by atoms with van der Waals surface area (Å²) in [6, 6.07) is 10.6. The lowest BCUT2D eigenvalue weighted by atomic mass is 10.2. The number of halogens is 1. The van der Waals surface area contributed by atoms with Crippen molar-refractivity contribution in [2.45, 2.75) is 0 Å². The van der Waals surface area contributed by atoms with Crippen molar-refractivity contribution in [3.8, 4) is 10.6 Å². The Bertz CT molecular complexity index is 673. The molecule has 3 aromatic rings. The molecule has 3 rings (SSSR count). The minimum absolute atomic E-state index is 0.194. The number of fused-ring (bicyclic) bond motifs is 1. The number of hydrogen-bond donors (Lipinski definition) is 1. The van der Waals surface area contributed by atoms with Gasteiger partial charge in [0.1, 0.15) is 5.82 Å². The van der Waals surface area contributed by atoms with Crippen LogP contribution in [0.5, 0.6) is 0 Å². The Kier molecular flexibility index (Phi) is 2.30. The van der Waals surface area contributed by atoms with Crippen LogP contribution < -0.4 is 5.73 Å². The molecule has 1 aromatic carbocycles. The summed E-state index contributed by atoms with van der Waals surface area (Å²) in [6.45, 7) is 0. The molecule has 2 nitrogen and oxygen atoms in total. The summed E-state index contributed by atoms with van der Waals surface area (Å²) in [5.74, 6) is -0.194. The molecule has 0 aliphatic carbocycles. The molecule has 0 bridgehead atoms. The maximum atomic E-state index is 13.5. The number of nitrogen functional groups attached to an aromatic ring is 1. The van der Waals surface area contributed by atoms with Gasteiger partial charge in [-0.15, -0.1) is 11.3 Å². The lowest BCUT2D eigenvalue weighted by Gasteiger charge is -1.95. The van der Waals surface area contributed by atoms with Crippen molar-refractivity contribution >= 4 is 27.1 Å². The largest absolute Gasteiger partial charge is 0.397 e. The monoisotopic (exact) mass is 244 g/mol. The van der Waals surface area contributed by atoms with Crippen molar-refractivity contribution in [3.63, 3.8) is 0 Å². The summed E-state index contributed by atoms with van der Waals surface area (Å²) < 4.78 is 14.5. The van der Waals surface area contributed by atoms with E-state index in [1.165, 1.54) is 17.4 Å². The number of nitrogens with zero attached hydrogens (tertiary/aromatic N) is 1. The lowest BCUT2D eigenvalue weighted by molar-refractivity contribution is 0.640. The summed E-state index contributed by atoms with van der Waals surface area (Å²) >= 11 is 1.53. The van der Waals surface area contributed by atoms with Gasteiger partial charge in [0.2, 0.25) is 0 Å². The Morgan fingerprint density at radius 3 is 2.76 bits per heavy atom. The number of pyridine rings is 1. The summed E-state index contributed by atoms with van der Waals surface area (Å²) in [4.78, 5) is 5.19. The molecular weight excluding hydrogens is 235 g/mol. The normalized spacial score (nSPS) is 10.9. The van der Waals surface area contributed by atoms with E-state index in [9.17, 15) is 4.39 Å². The molecule has 0 radical (unpaired) electrons. The molecule has 2 N–H and O–H groups in total. The Balaban J connectivity index is 2.18. The van der Waals surface area contributed by atoms with Crippen molar-refractivity contribution in [1.29, 1.82) is 0 Å². The number of aromatic nitrogens is 1. The fourth-order valence-corrected chi connectivity index (χ4v) is 2.75. The molecule has 0 saturated carbocycles. The summed E-state index contributed by atoms with van der Waals surface area (Å²) in [7, 11) is 0. The lowest BCUT2D eigenvalue weighted by Crippen LogP contribution is -1.86. The third-order valence-electron chi connectivity index (χ3n) is 2.55. The van der Waals surface area contributed by atoms with Crippen molar-refractivity contribution in [2.24, 2.45) is 0 Å². The number of anilines is 1. The summed E-state index contributed by atoms with van der Waals surface area (Å²) in [5.41, 5.74) is 7.03. The number of rotatable bonds is 1. The third-order valence-corrected chi connectivity index (χ3v) is 3.67. The first kappa shape index (κ1) is 10.2. The van der Waals surface area contributed by atoms with E-state index in [4.69, 9.17) is 5.73 Å². The highest BCUT2D eigenvalue weighted by Crippen LogP contribution is 2.33. The highest BCUT2D eigenvalue weighted by molar-refractivity contribution is 7.22. The van der Waals surface area contributed by atoms with E-state index < -0.39 is 0 Å². The molecule has 0 atom stereocenters. The van der Waals surface area contributed by atoms with E-state index in [2.05, 4.69) is 4.98 Å². The topological polar surface area (TPSA) is 38.9 Å². The van der Waals surface area contributed by atoms with Crippen LogP contribution in [-0.4, -0.2) is 4.98 Å². The van der Waals surface area contributed by atoms with E-state index in [1.807, 2.05) is 18.2 Å². The first-order valence-corrected chi connectivity index (χ1v) is 5.95. The second kappa shape index (κ2) is 3.82. The predicted octanol–water partition coefficient (Wildman–Crippen LogP) is 3.68. The molecule has 0 amide bonds. The number of benzene rings is 1. The average molecular weight is 244 g/mol. The van der Waals surface area contributed by atoms with Gasteiger partial charge in [-0.05, 0) is 30.3 Å². The average Bonchev–Trinajstić information content (AvgIpc) is 2.75. The van der Waals surface area contributed by atoms with Crippen LogP contribution in [0.15, 0.2) is 42.6 Å². The molecule has 0 unspecified atom stereocenters. The second-order valence-corrected chi connectivity index (χ2v) is 4.82. The van der Waals surface area contributed by atoms with Gasteiger partial charge in [0.15, 0.2) is 0 Å². The minimum Gasteiger partial charge on any atom is -0.397 e. The zero-order valence-corrected chi connectivity index (χ0v) is 9.67. The standard InChI is InChI=1S/C13H9FN2S/c14-10-2-1-3-12-9(10)6-13(17-12)11-5-4-8(15)7-16-11/h1-7H,15H2. The molecule has 0 aliphatic heterocycles. The van der Waals surface area contributed by atoms with Gasteiger partial charge in [0, 0.05) is 10.1 Å². The molecule has 84 valence electrons. The molecule has 4 heteroatoms.